The van der Waals surface area contributed by atoms with Crippen molar-refractivity contribution in [2.45, 2.75) is 12.6 Å². The molecule has 1 fully saturated rings. The van der Waals surface area contributed by atoms with Crippen molar-refractivity contribution in [3.63, 3.8) is 0 Å². The van der Waals surface area contributed by atoms with Gasteiger partial charge in [0.05, 0.1) is 17.7 Å². The molecule has 0 amide bonds. The number of nitrogens with two attached hydrogens (primary N) is 1. The van der Waals surface area contributed by atoms with Crippen LogP contribution < -0.4 is 5.73 Å². The number of nitrogens with zero attached hydrogens (tertiary/aromatic N) is 1. The normalized spacial score (nSPS) is 21.2. The van der Waals surface area contributed by atoms with Gasteiger partial charge in [0.2, 0.25) is 0 Å². The van der Waals surface area contributed by atoms with E-state index in [9.17, 15) is 8.78 Å². The Bertz CT molecular complexity index is 431. The van der Waals surface area contributed by atoms with Crippen LogP contribution in [0.15, 0.2) is 16.6 Å². The van der Waals surface area contributed by atoms with E-state index in [1.165, 1.54) is 12.1 Å². The monoisotopic (exact) mass is 320 g/mol. The Morgan fingerprint density at radius 2 is 2.22 bits per heavy atom. The molecule has 0 bridgehead atoms. The van der Waals surface area contributed by atoms with E-state index in [0.29, 0.717) is 26.3 Å². The molecule has 1 saturated heterocycles. The molecular weight excluding hydrogens is 306 g/mol. The molecule has 1 aliphatic heterocycles. The molecule has 18 heavy (non-hydrogen) atoms. The van der Waals surface area contributed by atoms with Crippen LogP contribution in [0.1, 0.15) is 5.56 Å². The number of morpholine rings is 1. The van der Waals surface area contributed by atoms with Gasteiger partial charge in [-0.05, 0) is 28.1 Å². The van der Waals surface area contributed by atoms with Crippen LogP contribution in [0, 0.1) is 11.6 Å². The molecule has 0 spiro atoms. The maximum absolute atomic E-state index is 13.9. The maximum Gasteiger partial charge on any atom is 0.144 e. The summed E-state index contributed by atoms with van der Waals surface area (Å²) >= 11 is 3.07. The summed E-state index contributed by atoms with van der Waals surface area (Å²) in [7, 11) is 0. The molecule has 6 heteroatoms. The van der Waals surface area contributed by atoms with Crippen LogP contribution in [0.2, 0.25) is 0 Å². The predicted octanol–water partition coefficient (Wildman–Crippen LogP) is 1.89. The number of rotatable bonds is 3. The van der Waals surface area contributed by atoms with Gasteiger partial charge in [-0.3, -0.25) is 4.90 Å². The van der Waals surface area contributed by atoms with Gasteiger partial charge < -0.3 is 10.5 Å². The molecule has 1 atom stereocenters. The Labute approximate surface area is 113 Å². The highest BCUT2D eigenvalue weighted by Gasteiger charge is 2.24. The summed E-state index contributed by atoms with van der Waals surface area (Å²) in [6.45, 7) is 2.33. The number of hydrogen-bond donors (Lipinski definition) is 1. The third-order valence-electron chi connectivity index (χ3n) is 3.12. The summed E-state index contributed by atoms with van der Waals surface area (Å²) in [5.41, 5.74) is 5.71. The van der Waals surface area contributed by atoms with Crippen molar-refractivity contribution >= 4 is 15.9 Å². The molecule has 0 aromatic heterocycles. The summed E-state index contributed by atoms with van der Waals surface area (Å²) in [6.07, 6.45) is 0. The van der Waals surface area contributed by atoms with E-state index in [-0.39, 0.29) is 22.6 Å². The van der Waals surface area contributed by atoms with E-state index in [1.54, 1.807) is 0 Å². The Morgan fingerprint density at radius 1 is 1.44 bits per heavy atom. The number of hydrogen-bond acceptors (Lipinski definition) is 3. The van der Waals surface area contributed by atoms with Crippen LogP contribution in [-0.4, -0.2) is 37.2 Å². The first-order valence-corrected chi connectivity index (χ1v) is 6.57. The average molecular weight is 321 g/mol. The minimum Gasteiger partial charge on any atom is -0.378 e. The molecule has 0 aliphatic carbocycles. The SMILES string of the molecule is NCC1COCCN1Cc1c(F)ccc(Br)c1F. The van der Waals surface area contributed by atoms with Crippen molar-refractivity contribution in [3.05, 3.63) is 33.8 Å². The highest BCUT2D eigenvalue weighted by atomic mass is 79.9. The van der Waals surface area contributed by atoms with Gasteiger partial charge in [-0.25, -0.2) is 8.78 Å². The van der Waals surface area contributed by atoms with Gasteiger partial charge in [0.1, 0.15) is 11.6 Å². The first kappa shape index (κ1) is 13.9. The van der Waals surface area contributed by atoms with Gasteiger partial charge in [-0.1, -0.05) is 0 Å². The minimum atomic E-state index is -0.544. The molecule has 0 radical (unpaired) electrons. The zero-order valence-corrected chi connectivity index (χ0v) is 11.4. The molecular formula is C12H15BrF2N2O. The Kier molecular flexibility index (Phi) is 4.66. The summed E-state index contributed by atoms with van der Waals surface area (Å²) in [5.74, 6) is -1.07. The lowest BCUT2D eigenvalue weighted by Gasteiger charge is -2.34. The summed E-state index contributed by atoms with van der Waals surface area (Å²) in [6, 6.07) is 2.64. The number of ether oxygens (including phenoxy) is 1. The quantitative estimate of drug-likeness (QED) is 0.864. The standard InChI is InChI=1S/C12H15BrF2N2O/c13-10-1-2-11(14)9(12(10)15)6-17-3-4-18-7-8(17)5-16/h1-2,8H,3-7,16H2. The number of benzene rings is 1. The van der Waals surface area contributed by atoms with Crippen molar-refractivity contribution in [1.82, 2.24) is 4.90 Å². The zero-order valence-electron chi connectivity index (χ0n) is 9.83. The van der Waals surface area contributed by atoms with Crippen molar-refractivity contribution in [1.29, 1.82) is 0 Å². The van der Waals surface area contributed by atoms with Crippen LogP contribution in [0.4, 0.5) is 8.78 Å². The summed E-state index contributed by atoms with van der Waals surface area (Å²) in [5, 5.41) is 0. The van der Waals surface area contributed by atoms with Crippen molar-refractivity contribution in [3.8, 4) is 0 Å². The van der Waals surface area contributed by atoms with Gasteiger partial charge in [0.15, 0.2) is 0 Å². The van der Waals surface area contributed by atoms with Gasteiger partial charge in [0, 0.05) is 31.2 Å². The molecule has 100 valence electrons. The fourth-order valence-electron chi connectivity index (χ4n) is 2.03. The first-order valence-electron chi connectivity index (χ1n) is 5.77. The average Bonchev–Trinajstić information content (AvgIpc) is 2.39. The second-order valence-corrected chi connectivity index (χ2v) is 5.11. The Hall–Kier alpha value is -0.560. The fourth-order valence-corrected chi connectivity index (χ4v) is 2.40. The highest BCUT2D eigenvalue weighted by Crippen LogP contribution is 2.24. The third kappa shape index (κ3) is 2.88. The van der Waals surface area contributed by atoms with Gasteiger partial charge >= 0.3 is 0 Å². The van der Waals surface area contributed by atoms with Gasteiger partial charge in [0.25, 0.3) is 0 Å². The van der Waals surface area contributed by atoms with Crippen molar-refractivity contribution in [2.24, 2.45) is 5.73 Å². The van der Waals surface area contributed by atoms with E-state index in [2.05, 4.69) is 15.9 Å². The van der Waals surface area contributed by atoms with Gasteiger partial charge in [-0.2, -0.15) is 0 Å². The second kappa shape index (κ2) is 6.06. The van der Waals surface area contributed by atoms with E-state index >= 15 is 0 Å². The minimum absolute atomic E-state index is 0.0107. The molecule has 1 unspecified atom stereocenters. The molecule has 2 rings (SSSR count). The largest absolute Gasteiger partial charge is 0.378 e. The zero-order chi connectivity index (χ0) is 13.1. The van der Waals surface area contributed by atoms with E-state index < -0.39 is 11.6 Å². The molecule has 0 saturated carbocycles. The molecule has 3 nitrogen and oxygen atoms in total. The molecule has 1 aliphatic rings. The molecule has 2 N–H and O–H groups in total. The third-order valence-corrected chi connectivity index (χ3v) is 3.73. The van der Waals surface area contributed by atoms with Crippen LogP contribution >= 0.6 is 15.9 Å². The lowest BCUT2D eigenvalue weighted by Crippen LogP contribution is -2.48. The van der Waals surface area contributed by atoms with Crippen LogP contribution in [0.3, 0.4) is 0 Å². The summed E-state index contributed by atoms with van der Waals surface area (Å²) < 4.78 is 33.1. The van der Waals surface area contributed by atoms with Crippen molar-refractivity contribution < 1.29 is 13.5 Å². The molecule has 1 aromatic rings. The lowest BCUT2D eigenvalue weighted by molar-refractivity contribution is -0.00883. The smallest absolute Gasteiger partial charge is 0.144 e. The van der Waals surface area contributed by atoms with E-state index in [4.69, 9.17) is 10.5 Å². The predicted molar refractivity (Wildman–Crippen MR) is 68.1 cm³/mol. The van der Waals surface area contributed by atoms with Crippen LogP contribution in [0.25, 0.3) is 0 Å². The molecule has 1 heterocycles. The fraction of sp³-hybridized carbons (Fsp3) is 0.500. The topological polar surface area (TPSA) is 38.5 Å². The maximum atomic E-state index is 13.9. The summed E-state index contributed by atoms with van der Waals surface area (Å²) in [4.78, 5) is 1.96. The lowest BCUT2D eigenvalue weighted by atomic mass is 10.1. The highest BCUT2D eigenvalue weighted by molar-refractivity contribution is 9.10. The Morgan fingerprint density at radius 3 is 2.94 bits per heavy atom. The number of halogens is 3. The first-order chi connectivity index (χ1) is 8.63. The van der Waals surface area contributed by atoms with Gasteiger partial charge in [-0.15, -0.1) is 0 Å². The van der Waals surface area contributed by atoms with Crippen molar-refractivity contribution in [2.75, 3.05) is 26.3 Å². The Balaban J connectivity index is 2.20. The van der Waals surface area contributed by atoms with Crippen LogP contribution in [-0.2, 0) is 11.3 Å². The van der Waals surface area contributed by atoms with E-state index in [0.717, 1.165) is 0 Å². The van der Waals surface area contributed by atoms with Crippen LogP contribution in [0.5, 0.6) is 0 Å². The van der Waals surface area contributed by atoms with E-state index in [1.807, 2.05) is 4.90 Å². The molecule has 1 aromatic carbocycles. The second-order valence-electron chi connectivity index (χ2n) is 4.26.